The lowest BCUT2D eigenvalue weighted by Gasteiger charge is -2.13. The van der Waals surface area contributed by atoms with E-state index < -0.39 is 5.82 Å². The molecule has 78 valence electrons. The zero-order valence-electron chi connectivity index (χ0n) is 7.91. The standard InChI is InChI=1S/C11H9ClFNO/c12-9-2-1-7(5-10(9)13)11-8(6-14)3-4-15-11/h1-2,5,8,11H,3-4H2. The Balaban J connectivity index is 2.30. The first-order chi connectivity index (χ1) is 7.22. The van der Waals surface area contributed by atoms with Crippen molar-refractivity contribution >= 4 is 11.6 Å². The van der Waals surface area contributed by atoms with Crippen LogP contribution < -0.4 is 0 Å². The Bertz CT molecular complexity index is 416. The van der Waals surface area contributed by atoms with Gasteiger partial charge in [-0.05, 0) is 24.1 Å². The van der Waals surface area contributed by atoms with Gasteiger partial charge in [0.15, 0.2) is 0 Å². The second-order valence-electron chi connectivity index (χ2n) is 3.49. The number of rotatable bonds is 1. The molecule has 1 saturated heterocycles. The van der Waals surface area contributed by atoms with Crippen LogP contribution in [0.5, 0.6) is 0 Å². The largest absolute Gasteiger partial charge is 0.372 e. The molecule has 2 atom stereocenters. The predicted molar refractivity (Wildman–Crippen MR) is 53.8 cm³/mol. The molecule has 4 heteroatoms. The van der Waals surface area contributed by atoms with E-state index in [1.165, 1.54) is 12.1 Å². The van der Waals surface area contributed by atoms with Gasteiger partial charge in [-0.2, -0.15) is 5.26 Å². The minimum absolute atomic E-state index is 0.0882. The van der Waals surface area contributed by atoms with Crippen LogP contribution in [0.15, 0.2) is 18.2 Å². The summed E-state index contributed by atoms with van der Waals surface area (Å²) >= 11 is 5.58. The van der Waals surface area contributed by atoms with Crippen LogP contribution in [0.3, 0.4) is 0 Å². The Morgan fingerprint density at radius 1 is 1.53 bits per heavy atom. The third-order valence-corrected chi connectivity index (χ3v) is 2.84. The fraction of sp³-hybridized carbons (Fsp3) is 0.364. The fourth-order valence-corrected chi connectivity index (χ4v) is 1.86. The van der Waals surface area contributed by atoms with Gasteiger partial charge >= 0.3 is 0 Å². The maximum atomic E-state index is 13.2. The van der Waals surface area contributed by atoms with Gasteiger partial charge in [-0.15, -0.1) is 0 Å². The van der Waals surface area contributed by atoms with Crippen LogP contribution in [-0.4, -0.2) is 6.61 Å². The Kier molecular flexibility index (Phi) is 2.90. The van der Waals surface area contributed by atoms with Crippen LogP contribution in [0.1, 0.15) is 18.1 Å². The topological polar surface area (TPSA) is 33.0 Å². The van der Waals surface area contributed by atoms with E-state index in [1.54, 1.807) is 6.07 Å². The average molecular weight is 226 g/mol. The van der Waals surface area contributed by atoms with Crippen LogP contribution in [-0.2, 0) is 4.74 Å². The summed E-state index contributed by atoms with van der Waals surface area (Å²) in [4.78, 5) is 0. The number of hydrogen-bond acceptors (Lipinski definition) is 2. The van der Waals surface area contributed by atoms with E-state index in [9.17, 15) is 4.39 Å². The van der Waals surface area contributed by atoms with Crippen molar-refractivity contribution in [3.63, 3.8) is 0 Å². The molecule has 0 aliphatic carbocycles. The van der Waals surface area contributed by atoms with Gasteiger partial charge in [-0.25, -0.2) is 4.39 Å². The SMILES string of the molecule is N#CC1CCOC1c1ccc(Cl)c(F)c1. The molecule has 1 aromatic carbocycles. The smallest absolute Gasteiger partial charge is 0.142 e. The lowest BCUT2D eigenvalue weighted by atomic mass is 9.97. The summed E-state index contributed by atoms with van der Waals surface area (Å²) in [5.74, 6) is -0.660. The highest BCUT2D eigenvalue weighted by Gasteiger charge is 2.29. The Labute approximate surface area is 92.2 Å². The summed E-state index contributed by atoms with van der Waals surface area (Å²) in [6, 6.07) is 6.69. The number of ether oxygens (including phenoxy) is 1. The van der Waals surface area contributed by atoms with Crippen molar-refractivity contribution in [1.82, 2.24) is 0 Å². The van der Waals surface area contributed by atoms with Gasteiger partial charge in [-0.3, -0.25) is 0 Å². The maximum absolute atomic E-state index is 13.2. The van der Waals surface area contributed by atoms with Gasteiger partial charge in [-0.1, -0.05) is 17.7 Å². The molecular formula is C11H9ClFNO. The van der Waals surface area contributed by atoms with E-state index in [0.29, 0.717) is 18.6 Å². The molecule has 1 aromatic rings. The molecule has 2 nitrogen and oxygen atoms in total. The van der Waals surface area contributed by atoms with Crippen molar-refractivity contribution in [2.45, 2.75) is 12.5 Å². The molecule has 1 aliphatic rings. The van der Waals surface area contributed by atoms with Gasteiger partial charge in [0.25, 0.3) is 0 Å². The highest BCUT2D eigenvalue weighted by Crippen LogP contribution is 2.34. The molecule has 0 bridgehead atoms. The third-order valence-electron chi connectivity index (χ3n) is 2.53. The summed E-state index contributed by atoms with van der Waals surface area (Å²) in [5, 5.41) is 8.96. The zero-order valence-corrected chi connectivity index (χ0v) is 8.67. The van der Waals surface area contributed by atoms with Crippen LogP contribution in [0.25, 0.3) is 0 Å². The Morgan fingerprint density at radius 3 is 3.00 bits per heavy atom. The molecular weight excluding hydrogens is 217 g/mol. The second-order valence-corrected chi connectivity index (χ2v) is 3.90. The van der Waals surface area contributed by atoms with Crippen LogP contribution in [0.2, 0.25) is 5.02 Å². The zero-order chi connectivity index (χ0) is 10.8. The molecule has 0 amide bonds. The fourth-order valence-electron chi connectivity index (χ4n) is 1.74. The molecule has 1 heterocycles. The molecule has 0 N–H and O–H groups in total. The summed E-state index contributed by atoms with van der Waals surface area (Å²) in [6.07, 6.45) is 0.382. The van der Waals surface area contributed by atoms with Crippen molar-refractivity contribution < 1.29 is 9.13 Å². The number of nitriles is 1. The van der Waals surface area contributed by atoms with Crippen molar-refractivity contribution in [2.24, 2.45) is 5.92 Å². The molecule has 2 rings (SSSR count). The van der Waals surface area contributed by atoms with Crippen molar-refractivity contribution in [3.8, 4) is 6.07 Å². The number of benzene rings is 1. The first kappa shape index (κ1) is 10.4. The van der Waals surface area contributed by atoms with Gasteiger partial charge in [0.2, 0.25) is 0 Å². The minimum Gasteiger partial charge on any atom is -0.372 e. The highest BCUT2D eigenvalue weighted by atomic mass is 35.5. The normalized spacial score (nSPS) is 25.1. The average Bonchev–Trinajstić information content (AvgIpc) is 2.70. The highest BCUT2D eigenvalue weighted by molar-refractivity contribution is 6.30. The minimum atomic E-state index is -0.471. The monoisotopic (exact) mass is 225 g/mol. The lowest BCUT2D eigenvalue weighted by molar-refractivity contribution is 0.100. The van der Waals surface area contributed by atoms with Gasteiger partial charge in [0, 0.05) is 6.61 Å². The van der Waals surface area contributed by atoms with E-state index >= 15 is 0 Å². The van der Waals surface area contributed by atoms with Crippen LogP contribution >= 0.6 is 11.6 Å². The van der Waals surface area contributed by atoms with E-state index in [-0.39, 0.29) is 17.0 Å². The summed E-state index contributed by atoms with van der Waals surface area (Å²) in [7, 11) is 0. The van der Waals surface area contributed by atoms with Gasteiger partial charge in [0.05, 0.1) is 23.1 Å². The summed E-state index contributed by atoms with van der Waals surface area (Å²) in [6.45, 7) is 0.549. The number of halogens is 2. The molecule has 0 spiro atoms. The predicted octanol–water partition coefficient (Wildman–Crippen LogP) is 3.08. The molecule has 0 radical (unpaired) electrons. The van der Waals surface area contributed by atoms with Gasteiger partial charge < -0.3 is 4.74 Å². The second kappa shape index (κ2) is 4.18. The Morgan fingerprint density at radius 2 is 2.33 bits per heavy atom. The molecule has 0 aromatic heterocycles. The molecule has 1 fully saturated rings. The van der Waals surface area contributed by atoms with Crippen molar-refractivity contribution in [2.75, 3.05) is 6.61 Å². The molecule has 15 heavy (non-hydrogen) atoms. The van der Waals surface area contributed by atoms with E-state index in [2.05, 4.69) is 6.07 Å². The first-order valence-corrected chi connectivity index (χ1v) is 5.06. The molecule has 2 unspecified atom stereocenters. The van der Waals surface area contributed by atoms with Crippen LogP contribution in [0.4, 0.5) is 4.39 Å². The van der Waals surface area contributed by atoms with Crippen molar-refractivity contribution in [1.29, 1.82) is 5.26 Å². The quantitative estimate of drug-likeness (QED) is 0.736. The lowest BCUT2D eigenvalue weighted by Crippen LogP contribution is -2.05. The summed E-state index contributed by atoms with van der Waals surface area (Å²) in [5.41, 5.74) is 0.681. The van der Waals surface area contributed by atoms with Gasteiger partial charge in [0.1, 0.15) is 5.82 Å². The Hall–Kier alpha value is -1.11. The first-order valence-electron chi connectivity index (χ1n) is 4.68. The third kappa shape index (κ3) is 1.97. The van der Waals surface area contributed by atoms with E-state index in [1.807, 2.05) is 0 Å². The number of hydrogen-bond donors (Lipinski definition) is 0. The van der Waals surface area contributed by atoms with Crippen LogP contribution in [0, 0.1) is 23.1 Å². The molecule has 0 saturated carbocycles. The maximum Gasteiger partial charge on any atom is 0.142 e. The van der Waals surface area contributed by atoms with E-state index in [4.69, 9.17) is 21.6 Å². The van der Waals surface area contributed by atoms with Crippen molar-refractivity contribution in [3.05, 3.63) is 34.6 Å². The van der Waals surface area contributed by atoms with E-state index in [0.717, 1.165) is 0 Å². The number of nitrogens with zero attached hydrogens (tertiary/aromatic N) is 1. The molecule has 1 aliphatic heterocycles. The summed E-state index contributed by atoms with van der Waals surface area (Å²) < 4.78 is 18.6.